The van der Waals surface area contributed by atoms with E-state index in [9.17, 15) is 0 Å². The fraction of sp³-hybridized carbons (Fsp3) is 0.957. The van der Waals surface area contributed by atoms with Gasteiger partial charge in [0.2, 0.25) is 0 Å². The molecule has 0 aliphatic carbocycles. The second-order valence-corrected chi connectivity index (χ2v) is 9.26. The van der Waals surface area contributed by atoms with E-state index in [1.54, 1.807) is 0 Å². The van der Waals surface area contributed by atoms with Crippen molar-refractivity contribution in [3.05, 3.63) is 0 Å². The first-order chi connectivity index (χ1) is 14.2. The number of guanidine groups is 1. The molecule has 6 heteroatoms. The number of nitrogens with one attached hydrogen (secondary N) is 1. The van der Waals surface area contributed by atoms with Crippen LogP contribution in [0.3, 0.4) is 0 Å². The van der Waals surface area contributed by atoms with Gasteiger partial charge in [-0.15, -0.1) is 0 Å². The van der Waals surface area contributed by atoms with Gasteiger partial charge in [-0.3, -0.25) is 9.89 Å². The second kappa shape index (κ2) is 12.1. The Morgan fingerprint density at radius 2 is 1.83 bits per heavy atom. The van der Waals surface area contributed by atoms with Crippen LogP contribution < -0.4 is 5.32 Å². The summed E-state index contributed by atoms with van der Waals surface area (Å²) in [7, 11) is 0. The highest BCUT2D eigenvalue weighted by atomic mass is 16.5. The van der Waals surface area contributed by atoms with E-state index in [1.165, 1.54) is 38.8 Å². The molecule has 0 amide bonds. The highest BCUT2D eigenvalue weighted by Crippen LogP contribution is 2.20. The monoisotopic (exact) mass is 408 g/mol. The van der Waals surface area contributed by atoms with Crippen molar-refractivity contribution in [2.45, 2.75) is 84.0 Å². The topological polar surface area (TPSA) is 49.3 Å². The van der Waals surface area contributed by atoms with Crippen molar-refractivity contribution in [1.29, 1.82) is 0 Å². The molecule has 2 unspecified atom stereocenters. The molecule has 0 saturated carbocycles. The Bertz CT molecular complexity index is 479. The molecule has 3 fully saturated rings. The van der Waals surface area contributed by atoms with Crippen molar-refractivity contribution in [2.24, 2.45) is 10.9 Å². The van der Waals surface area contributed by atoms with E-state index in [4.69, 9.17) is 14.5 Å². The van der Waals surface area contributed by atoms with Gasteiger partial charge in [0.25, 0.3) is 0 Å². The number of aliphatic imine (C=N–C) groups is 1. The number of ether oxygens (including phenoxy) is 2. The Kier molecular flexibility index (Phi) is 9.53. The van der Waals surface area contributed by atoms with Crippen LogP contribution in [0.25, 0.3) is 0 Å². The fourth-order valence-corrected chi connectivity index (χ4v) is 4.84. The summed E-state index contributed by atoms with van der Waals surface area (Å²) >= 11 is 0. The van der Waals surface area contributed by atoms with Crippen LogP contribution in [0, 0.1) is 5.92 Å². The summed E-state index contributed by atoms with van der Waals surface area (Å²) in [6, 6.07) is 0.558. The van der Waals surface area contributed by atoms with Gasteiger partial charge in [0.05, 0.1) is 25.4 Å². The molecule has 3 rings (SSSR count). The maximum Gasteiger partial charge on any atom is 0.193 e. The zero-order valence-electron chi connectivity index (χ0n) is 19.1. The Morgan fingerprint density at radius 3 is 2.45 bits per heavy atom. The van der Waals surface area contributed by atoms with Crippen LogP contribution in [0.4, 0.5) is 0 Å². The molecule has 0 aromatic heterocycles. The molecule has 0 aromatic rings. The molecule has 0 bridgehead atoms. The molecule has 168 valence electrons. The average Bonchev–Trinajstić information content (AvgIpc) is 3.27. The summed E-state index contributed by atoms with van der Waals surface area (Å²) in [5, 5.41) is 3.53. The molecule has 0 spiro atoms. The van der Waals surface area contributed by atoms with Crippen LogP contribution in [0.5, 0.6) is 0 Å². The first-order valence-electron chi connectivity index (χ1n) is 12.2. The van der Waals surface area contributed by atoms with Crippen LogP contribution in [0.15, 0.2) is 4.99 Å². The lowest BCUT2D eigenvalue weighted by molar-refractivity contribution is -0.0721. The van der Waals surface area contributed by atoms with Crippen LogP contribution in [0.2, 0.25) is 0 Å². The zero-order valence-corrected chi connectivity index (χ0v) is 19.1. The minimum absolute atomic E-state index is 0.319. The SMILES string of the molecule is CCNC(=NCC(C(C)C)N1CCCC1)N1CCC(OCC2CCCCO2)CC1. The van der Waals surface area contributed by atoms with Crippen LogP contribution in [0.1, 0.15) is 65.7 Å². The maximum absolute atomic E-state index is 6.19. The van der Waals surface area contributed by atoms with Crippen molar-refractivity contribution in [3.63, 3.8) is 0 Å². The van der Waals surface area contributed by atoms with E-state index in [-0.39, 0.29) is 0 Å². The molecule has 6 nitrogen and oxygen atoms in total. The zero-order chi connectivity index (χ0) is 20.5. The molecule has 3 heterocycles. The standard InChI is InChI=1S/C23H44N4O2/c1-4-24-23(25-17-22(19(2)3)26-12-6-7-13-26)27-14-10-20(11-15-27)29-18-21-9-5-8-16-28-21/h19-22H,4-18H2,1-3H3,(H,24,25). The van der Waals surface area contributed by atoms with Crippen molar-refractivity contribution >= 4 is 5.96 Å². The molecule has 2 atom stereocenters. The van der Waals surface area contributed by atoms with Gasteiger partial charge in [-0.1, -0.05) is 13.8 Å². The smallest absolute Gasteiger partial charge is 0.193 e. The Hall–Kier alpha value is -0.850. The van der Waals surface area contributed by atoms with Crippen LogP contribution in [-0.2, 0) is 9.47 Å². The van der Waals surface area contributed by atoms with Gasteiger partial charge in [0.15, 0.2) is 5.96 Å². The lowest BCUT2D eigenvalue weighted by atomic mass is 10.0. The fourth-order valence-electron chi connectivity index (χ4n) is 4.84. The second-order valence-electron chi connectivity index (χ2n) is 9.26. The average molecular weight is 409 g/mol. The molecular weight excluding hydrogens is 364 g/mol. The van der Waals surface area contributed by atoms with Crippen molar-refractivity contribution in [3.8, 4) is 0 Å². The van der Waals surface area contributed by atoms with Gasteiger partial charge in [0.1, 0.15) is 0 Å². The highest BCUT2D eigenvalue weighted by molar-refractivity contribution is 5.80. The minimum Gasteiger partial charge on any atom is -0.376 e. The van der Waals surface area contributed by atoms with Crippen molar-refractivity contribution in [1.82, 2.24) is 15.1 Å². The minimum atomic E-state index is 0.319. The number of piperidine rings is 1. The molecule has 1 N–H and O–H groups in total. The van der Waals surface area contributed by atoms with Gasteiger partial charge in [-0.25, -0.2) is 0 Å². The highest BCUT2D eigenvalue weighted by Gasteiger charge is 2.26. The quantitative estimate of drug-likeness (QED) is 0.494. The van der Waals surface area contributed by atoms with Crippen LogP contribution in [-0.4, -0.2) is 86.5 Å². The number of likely N-dealkylation sites (tertiary alicyclic amines) is 2. The molecular formula is C23H44N4O2. The molecule has 3 aliphatic rings. The van der Waals surface area contributed by atoms with Crippen molar-refractivity contribution < 1.29 is 9.47 Å². The first kappa shape index (κ1) is 22.8. The third-order valence-electron chi connectivity index (χ3n) is 6.68. The number of nitrogens with zero attached hydrogens (tertiary/aromatic N) is 3. The Balaban J connectivity index is 1.46. The van der Waals surface area contributed by atoms with E-state index in [2.05, 4.69) is 35.9 Å². The predicted molar refractivity (Wildman–Crippen MR) is 120 cm³/mol. The normalized spacial score (nSPS) is 26.3. The number of hydrogen-bond acceptors (Lipinski definition) is 4. The van der Waals surface area contributed by atoms with Gasteiger partial charge in [-0.2, -0.15) is 0 Å². The third kappa shape index (κ3) is 7.11. The summed E-state index contributed by atoms with van der Waals surface area (Å²) in [6.07, 6.45) is 9.17. The van der Waals surface area contributed by atoms with E-state index in [0.717, 1.165) is 64.6 Å². The Labute approximate surface area is 178 Å². The van der Waals surface area contributed by atoms with Gasteiger partial charge in [0, 0.05) is 32.3 Å². The van der Waals surface area contributed by atoms with E-state index in [1.807, 2.05) is 0 Å². The van der Waals surface area contributed by atoms with E-state index >= 15 is 0 Å². The summed E-state index contributed by atoms with van der Waals surface area (Å²) in [5.41, 5.74) is 0. The van der Waals surface area contributed by atoms with Gasteiger partial charge >= 0.3 is 0 Å². The summed E-state index contributed by atoms with van der Waals surface area (Å²) in [6.45, 7) is 14.9. The maximum atomic E-state index is 6.19. The molecule has 29 heavy (non-hydrogen) atoms. The first-order valence-corrected chi connectivity index (χ1v) is 12.2. The number of hydrogen-bond donors (Lipinski definition) is 1. The molecule has 3 aliphatic heterocycles. The van der Waals surface area contributed by atoms with Crippen LogP contribution >= 0.6 is 0 Å². The number of rotatable bonds is 8. The third-order valence-corrected chi connectivity index (χ3v) is 6.68. The summed E-state index contributed by atoms with van der Waals surface area (Å²) in [4.78, 5) is 10.2. The molecule has 3 saturated heterocycles. The predicted octanol–water partition coefficient (Wildman–Crippen LogP) is 3.12. The lowest BCUT2D eigenvalue weighted by Gasteiger charge is -2.35. The van der Waals surface area contributed by atoms with E-state index < -0.39 is 0 Å². The summed E-state index contributed by atoms with van der Waals surface area (Å²) in [5.74, 6) is 1.73. The van der Waals surface area contributed by atoms with Gasteiger partial charge < -0.3 is 19.7 Å². The molecule has 0 radical (unpaired) electrons. The van der Waals surface area contributed by atoms with Gasteiger partial charge in [-0.05, 0) is 70.9 Å². The van der Waals surface area contributed by atoms with E-state index in [0.29, 0.717) is 24.2 Å². The lowest BCUT2D eigenvalue weighted by Crippen LogP contribution is -2.48. The molecule has 0 aromatic carbocycles. The summed E-state index contributed by atoms with van der Waals surface area (Å²) < 4.78 is 12.0. The largest absolute Gasteiger partial charge is 0.376 e. The Morgan fingerprint density at radius 1 is 1.07 bits per heavy atom. The van der Waals surface area contributed by atoms with Crippen molar-refractivity contribution in [2.75, 3.05) is 52.5 Å².